The molecule has 12 heavy (non-hydrogen) atoms. The molecule has 0 radical (unpaired) electrons. The Labute approximate surface area is 79.0 Å². The summed E-state index contributed by atoms with van der Waals surface area (Å²) in [5.74, 6) is -0.245. The minimum atomic E-state index is -0.543. The van der Waals surface area contributed by atoms with E-state index in [2.05, 4.69) is 15.9 Å². The quantitative estimate of drug-likeness (QED) is 0.641. The van der Waals surface area contributed by atoms with Crippen molar-refractivity contribution >= 4 is 27.9 Å². The summed E-state index contributed by atoms with van der Waals surface area (Å²) < 4.78 is 4.69. The largest absolute Gasteiger partial charge is 0.447 e. The molecule has 0 saturated carbocycles. The summed E-state index contributed by atoms with van der Waals surface area (Å²) in [6, 6.07) is -0.148. The molecule has 0 aliphatic carbocycles. The van der Waals surface area contributed by atoms with Crippen LogP contribution in [-0.4, -0.2) is 34.4 Å². The average molecular weight is 236 g/mol. The molecule has 1 aliphatic rings. The molecule has 68 valence electrons. The Kier molecular flexibility index (Phi) is 2.72. The predicted molar refractivity (Wildman–Crippen MR) is 46.0 cm³/mol. The van der Waals surface area contributed by atoms with Crippen molar-refractivity contribution in [3.05, 3.63) is 0 Å². The number of carbonyl (C=O) groups is 2. The third kappa shape index (κ3) is 1.60. The highest BCUT2D eigenvalue weighted by Crippen LogP contribution is 2.15. The Morgan fingerprint density at radius 3 is 2.75 bits per heavy atom. The second kappa shape index (κ2) is 3.43. The number of hydrogen-bond acceptors (Lipinski definition) is 3. The first-order chi connectivity index (χ1) is 5.54. The maximum atomic E-state index is 11.3. The van der Waals surface area contributed by atoms with E-state index in [0.717, 1.165) is 4.90 Å². The van der Waals surface area contributed by atoms with Gasteiger partial charge in [0.1, 0.15) is 6.61 Å². The summed E-state index contributed by atoms with van der Waals surface area (Å²) in [7, 11) is 0. The molecule has 0 aromatic heterocycles. The maximum absolute atomic E-state index is 11.3. The molecule has 2 amide bonds. The molecule has 0 aromatic rings. The van der Waals surface area contributed by atoms with Gasteiger partial charge in [-0.25, -0.2) is 9.69 Å². The molecular formula is C7H10BrNO3. The van der Waals surface area contributed by atoms with Crippen LogP contribution in [-0.2, 0) is 9.53 Å². The second-order valence-corrected chi connectivity index (χ2v) is 4.12. The molecular weight excluding hydrogens is 226 g/mol. The fraction of sp³-hybridized carbons (Fsp3) is 0.714. The Bertz CT molecular complexity index is 217. The number of amides is 2. The van der Waals surface area contributed by atoms with Crippen LogP contribution in [0.4, 0.5) is 4.79 Å². The lowest BCUT2D eigenvalue weighted by molar-refractivity contribution is -0.127. The molecule has 1 fully saturated rings. The van der Waals surface area contributed by atoms with E-state index in [1.54, 1.807) is 13.8 Å². The lowest BCUT2D eigenvalue weighted by atomic mass is 10.3. The zero-order chi connectivity index (χ0) is 9.30. The summed E-state index contributed by atoms with van der Waals surface area (Å²) in [6.07, 6.45) is -0.543. The summed E-state index contributed by atoms with van der Waals surface area (Å²) in [4.78, 5) is 23.1. The van der Waals surface area contributed by atoms with E-state index in [1.807, 2.05) is 0 Å². The standard InChI is InChI=1S/C7H10BrNO3/c1-4-3-12-7(11)9(4)6(10)5(2)8/h4-5H,3H2,1-2H3/t4-,5?/m0/s1. The smallest absolute Gasteiger partial charge is 0.416 e. The number of carbonyl (C=O) groups excluding carboxylic acids is 2. The van der Waals surface area contributed by atoms with Crippen molar-refractivity contribution in [2.75, 3.05) is 6.61 Å². The molecule has 1 unspecified atom stereocenters. The zero-order valence-corrected chi connectivity index (χ0v) is 8.50. The molecule has 1 rings (SSSR count). The number of ether oxygens (including phenoxy) is 1. The molecule has 0 N–H and O–H groups in total. The van der Waals surface area contributed by atoms with Gasteiger partial charge in [0.05, 0.1) is 10.9 Å². The van der Waals surface area contributed by atoms with Crippen molar-refractivity contribution in [1.82, 2.24) is 4.90 Å². The SMILES string of the molecule is CC(Br)C(=O)N1C(=O)OC[C@@H]1C. The summed E-state index contributed by atoms with van der Waals surface area (Å²) in [5, 5.41) is 0. The lowest BCUT2D eigenvalue weighted by Crippen LogP contribution is -2.40. The molecule has 1 heterocycles. The lowest BCUT2D eigenvalue weighted by Gasteiger charge is -2.16. The second-order valence-electron chi connectivity index (χ2n) is 2.75. The van der Waals surface area contributed by atoms with Crippen molar-refractivity contribution in [2.24, 2.45) is 0 Å². The molecule has 2 atom stereocenters. The topological polar surface area (TPSA) is 46.6 Å². The van der Waals surface area contributed by atoms with Crippen molar-refractivity contribution < 1.29 is 14.3 Å². The van der Waals surface area contributed by atoms with Crippen LogP contribution in [0.3, 0.4) is 0 Å². The van der Waals surface area contributed by atoms with Gasteiger partial charge in [0.2, 0.25) is 5.91 Å². The van der Waals surface area contributed by atoms with E-state index in [-0.39, 0.29) is 16.8 Å². The monoisotopic (exact) mass is 235 g/mol. The zero-order valence-electron chi connectivity index (χ0n) is 6.91. The Hall–Kier alpha value is -0.580. The average Bonchev–Trinajstić information content (AvgIpc) is 2.30. The fourth-order valence-corrected chi connectivity index (χ4v) is 1.24. The molecule has 1 aliphatic heterocycles. The van der Waals surface area contributed by atoms with Gasteiger partial charge in [-0.05, 0) is 13.8 Å². The van der Waals surface area contributed by atoms with Gasteiger partial charge in [0, 0.05) is 0 Å². The van der Waals surface area contributed by atoms with Crippen LogP contribution in [0.25, 0.3) is 0 Å². The van der Waals surface area contributed by atoms with Crippen LogP contribution in [0, 0.1) is 0 Å². The minimum absolute atomic E-state index is 0.148. The van der Waals surface area contributed by atoms with E-state index in [1.165, 1.54) is 0 Å². The van der Waals surface area contributed by atoms with Gasteiger partial charge in [0.25, 0.3) is 0 Å². The third-order valence-corrected chi connectivity index (χ3v) is 2.05. The van der Waals surface area contributed by atoms with Crippen LogP contribution in [0.1, 0.15) is 13.8 Å². The summed E-state index contributed by atoms with van der Waals surface area (Å²) in [6.45, 7) is 3.75. The normalized spacial score (nSPS) is 25.4. The Balaban J connectivity index is 2.73. The number of alkyl halides is 1. The van der Waals surface area contributed by atoms with Gasteiger partial charge in [-0.1, -0.05) is 15.9 Å². The van der Waals surface area contributed by atoms with Crippen molar-refractivity contribution in [1.29, 1.82) is 0 Å². The summed E-state index contributed by atoms with van der Waals surface area (Å²) >= 11 is 3.11. The van der Waals surface area contributed by atoms with Crippen LogP contribution >= 0.6 is 15.9 Å². The number of rotatable bonds is 1. The van der Waals surface area contributed by atoms with Crippen molar-refractivity contribution in [2.45, 2.75) is 24.7 Å². The van der Waals surface area contributed by atoms with Gasteiger partial charge in [-0.15, -0.1) is 0 Å². The van der Waals surface area contributed by atoms with Crippen LogP contribution in [0.5, 0.6) is 0 Å². The van der Waals surface area contributed by atoms with E-state index in [0.29, 0.717) is 6.61 Å². The van der Waals surface area contributed by atoms with Crippen molar-refractivity contribution in [3.8, 4) is 0 Å². The fourth-order valence-electron chi connectivity index (χ4n) is 1.01. The van der Waals surface area contributed by atoms with Crippen LogP contribution < -0.4 is 0 Å². The molecule has 0 spiro atoms. The predicted octanol–water partition coefficient (Wildman–Crippen LogP) is 1.14. The van der Waals surface area contributed by atoms with Gasteiger partial charge in [-0.2, -0.15) is 0 Å². The Morgan fingerprint density at radius 2 is 2.42 bits per heavy atom. The number of cyclic esters (lactones) is 1. The highest BCUT2D eigenvalue weighted by atomic mass is 79.9. The van der Waals surface area contributed by atoms with Gasteiger partial charge in [0.15, 0.2) is 0 Å². The van der Waals surface area contributed by atoms with Gasteiger partial charge in [-0.3, -0.25) is 4.79 Å². The van der Waals surface area contributed by atoms with E-state index < -0.39 is 6.09 Å². The minimum Gasteiger partial charge on any atom is -0.447 e. The molecule has 0 aromatic carbocycles. The van der Waals surface area contributed by atoms with Crippen molar-refractivity contribution in [3.63, 3.8) is 0 Å². The number of imide groups is 1. The van der Waals surface area contributed by atoms with E-state index in [9.17, 15) is 9.59 Å². The molecule has 4 nitrogen and oxygen atoms in total. The molecule has 1 saturated heterocycles. The summed E-state index contributed by atoms with van der Waals surface area (Å²) in [5.41, 5.74) is 0. The van der Waals surface area contributed by atoms with Gasteiger partial charge >= 0.3 is 6.09 Å². The first-order valence-corrected chi connectivity index (χ1v) is 4.59. The number of halogens is 1. The Morgan fingerprint density at radius 1 is 1.83 bits per heavy atom. The first kappa shape index (κ1) is 9.51. The first-order valence-electron chi connectivity index (χ1n) is 3.68. The number of nitrogens with zero attached hydrogens (tertiary/aromatic N) is 1. The third-order valence-electron chi connectivity index (χ3n) is 1.66. The van der Waals surface area contributed by atoms with E-state index >= 15 is 0 Å². The highest BCUT2D eigenvalue weighted by molar-refractivity contribution is 9.10. The highest BCUT2D eigenvalue weighted by Gasteiger charge is 2.36. The number of hydrogen-bond donors (Lipinski definition) is 0. The molecule has 5 heteroatoms. The van der Waals surface area contributed by atoms with Crippen LogP contribution in [0.15, 0.2) is 0 Å². The van der Waals surface area contributed by atoms with E-state index in [4.69, 9.17) is 4.74 Å². The van der Waals surface area contributed by atoms with Gasteiger partial charge < -0.3 is 4.74 Å². The van der Waals surface area contributed by atoms with Crippen LogP contribution in [0.2, 0.25) is 0 Å². The molecule has 0 bridgehead atoms. The maximum Gasteiger partial charge on any atom is 0.416 e.